The molecule has 0 saturated carbocycles. The molecule has 0 unspecified atom stereocenters. The second-order valence-electron chi connectivity index (χ2n) is 3.37. The zero-order chi connectivity index (χ0) is 11.5. The SMILES string of the molecule is Cc1[c-]cc(C(=O)Nc2ncco2)c(C)[c-]1.[V].[Y]. The van der Waals surface area contributed by atoms with E-state index in [2.05, 4.69) is 22.4 Å². The summed E-state index contributed by atoms with van der Waals surface area (Å²) in [7, 11) is 0. The van der Waals surface area contributed by atoms with E-state index < -0.39 is 0 Å². The summed E-state index contributed by atoms with van der Waals surface area (Å²) in [5, 5.41) is 2.54. The molecule has 1 aromatic heterocycles. The van der Waals surface area contributed by atoms with E-state index in [1.807, 2.05) is 13.8 Å². The fourth-order valence-electron chi connectivity index (χ4n) is 1.36. The van der Waals surface area contributed by atoms with Gasteiger partial charge in [-0.2, -0.15) is 5.56 Å². The van der Waals surface area contributed by atoms with Gasteiger partial charge in [-0.05, 0) is 0 Å². The van der Waals surface area contributed by atoms with Crippen LogP contribution in [0.3, 0.4) is 0 Å². The van der Waals surface area contributed by atoms with Gasteiger partial charge in [-0.1, -0.05) is 13.8 Å². The molecule has 4 nitrogen and oxygen atoms in total. The summed E-state index contributed by atoms with van der Waals surface area (Å²) in [6, 6.07) is 7.79. The maximum absolute atomic E-state index is 11.8. The minimum Gasteiger partial charge on any atom is -0.432 e. The number of oxazole rings is 1. The Labute approximate surface area is 143 Å². The van der Waals surface area contributed by atoms with Crippen LogP contribution >= 0.6 is 0 Å². The molecular weight excluding hydrogens is 344 g/mol. The number of anilines is 1. The van der Waals surface area contributed by atoms with E-state index in [9.17, 15) is 4.79 Å². The van der Waals surface area contributed by atoms with Gasteiger partial charge in [-0.3, -0.25) is 27.3 Å². The van der Waals surface area contributed by atoms with E-state index in [4.69, 9.17) is 4.42 Å². The van der Waals surface area contributed by atoms with Crippen molar-refractivity contribution in [2.75, 3.05) is 5.32 Å². The number of nitrogens with one attached hydrogen (secondary N) is 1. The summed E-state index contributed by atoms with van der Waals surface area (Å²) in [6.45, 7) is 3.70. The molecule has 1 amide bonds. The van der Waals surface area contributed by atoms with Crippen molar-refractivity contribution in [2.45, 2.75) is 13.8 Å². The largest absolute Gasteiger partial charge is 0.432 e. The van der Waals surface area contributed by atoms with Crippen molar-refractivity contribution in [2.24, 2.45) is 0 Å². The van der Waals surface area contributed by atoms with Crippen molar-refractivity contribution in [3.8, 4) is 0 Å². The van der Waals surface area contributed by atoms with Crippen LogP contribution in [0.1, 0.15) is 21.5 Å². The summed E-state index contributed by atoms with van der Waals surface area (Å²) in [5.41, 5.74) is 2.18. The van der Waals surface area contributed by atoms with Crippen LogP contribution < -0.4 is 5.32 Å². The molecule has 2 aromatic rings. The van der Waals surface area contributed by atoms with Crippen LogP contribution in [-0.4, -0.2) is 10.9 Å². The molecule has 0 atom stereocenters. The molecular formula is C12H10N2O2VY-2. The van der Waals surface area contributed by atoms with E-state index in [1.54, 1.807) is 6.07 Å². The van der Waals surface area contributed by atoms with Gasteiger partial charge in [-0.25, -0.2) is 4.98 Å². The standard InChI is InChI=1S/C12H10N2O2.V.Y/c1-8-3-4-10(9(2)7-8)11(15)14-12-13-5-6-16-12;;/h4-6H,1-2H3,(H,13,14,15);;/q-2;;. The molecule has 0 bridgehead atoms. The van der Waals surface area contributed by atoms with Crippen LogP contribution in [0.15, 0.2) is 22.9 Å². The Kier molecular flexibility index (Phi) is 7.72. The number of hydrogen-bond acceptors (Lipinski definition) is 3. The molecule has 0 fully saturated rings. The second kappa shape index (κ2) is 7.90. The minimum absolute atomic E-state index is 0. The maximum atomic E-state index is 11.8. The van der Waals surface area contributed by atoms with Crippen LogP contribution in [0.4, 0.5) is 6.01 Å². The zero-order valence-corrected chi connectivity index (χ0v) is 14.3. The zero-order valence-electron chi connectivity index (χ0n) is 10.0. The van der Waals surface area contributed by atoms with Gasteiger partial charge >= 0.3 is 0 Å². The number of nitrogens with zero attached hydrogens (tertiary/aromatic N) is 1. The first kappa shape index (κ1) is 17.6. The molecule has 2 radical (unpaired) electrons. The number of carbonyl (C=O) groups excluding carboxylic acids is 1. The number of carbonyl (C=O) groups is 1. The number of aryl methyl sites for hydroxylation is 2. The topological polar surface area (TPSA) is 55.1 Å². The minimum atomic E-state index is -0.271. The number of hydrogen-bond donors (Lipinski definition) is 1. The van der Waals surface area contributed by atoms with Crippen LogP contribution in [0.25, 0.3) is 0 Å². The van der Waals surface area contributed by atoms with Gasteiger partial charge in [0, 0.05) is 51.3 Å². The smallest absolute Gasteiger partial charge is 0.299 e. The Hall–Kier alpha value is -0.412. The van der Waals surface area contributed by atoms with Crippen molar-refractivity contribution >= 4 is 11.9 Å². The van der Waals surface area contributed by atoms with Crippen molar-refractivity contribution < 1.29 is 60.5 Å². The maximum Gasteiger partial charge on any atom is 0.299 e. The Morgan fingerprint density at radius 3 is 2.72 bits per heavy atom. The van der Waals surface area contributed by atoms with Gasteiger partial charge in [0.05, 0.1) is 6.20 Å². The van der Waals surface area contributed by atoms with Crippen LogP contribution in [0.5, 0.6) is 0 Å². The molecule has 0 aliphatic heterocycles. The van der Waals surface area contributed by atoms with Crippen molar-refractivity contribution in [1.82, 2.24) is 4.98 Å². The number of benzene rings is 1. The van der Waals surface area contributed by atoms with Gasteiger partial charge in [-0.15, -0.1) is 0 Å². The Morgan fingerprint density at radius 1 is 1.44 bits per heavy atom. The molecule has 0 aliphatic carbocycles. The third kappa shape index (κ3) is 4.36. The monoisotopic (exact) mass is 354 g/mol. The van der Waals surface area contributed by atoms with Gasteiger partial charge in [0.25, 0.3) is 6.01 Å². The first-order valence-electron chi connectivity index (χ1n) is 4.79. The summed E-state index contributed by atoms with van der Waals surface area (Å²) in [4.78, 5) is 15.6. The molecule has 1 heterocycles. The molecule has 2 rings (SSSR count). The van der Waals surface area contributed by atoms with Crippen LogP contribution in [0.2, 0.25) is 0 Å². The van der Waals surface area contributed by atoms with Crippen molar-refractivity contribution in [3.63, 3.8) is 0 Å². The third-order valence-corrected chi connectivity index (χ3v) is 2.11. The van der Waals surface area contributed by atoms with E-state index in [1.165, 1.54) is 12.5 Å². The van der Waals surface area contributed by atoms with Crippen molar-refractivity contribution in [1.29, 1.82) is 0 Å². The molecule has 6 heteroatoms. The van der Waals surface area contributed by atoms with Crippen LogP contribution in [-0.2, 0) is 51.3 Å². The molecule has 18 heavy (non-hydrogen) atoms. The molecule has 0 spiro atoms. The predicted molar refractivity (Wildman–Crippen MR) is 58.0 cm³/mol. The number of amides is 1. The molecule has 1 aromatic carbocycles. The summed E-state index contributed by atoms with van der Waals surface area (Å²) < 4.78 is 4.93. The Bertz CT molecular complexity index is 515. The number of aromatic nitrogens is 1. The first-order valence-corrected chi connectivity index (χ1v) is 4.79. The van der Waals surface area contributed by atoms with E-state index >= 15 is 0 Å². The summed E-state index contributed by atoms with van der Waals surface area (Å²) in [6.07, 6.45) is 2.87. The molecule has 1 N–H and O–H groups in total. The fraction of sp³-hybridized carbons (Fsp3) is 0.167. The van der Waals surface area contributed by atoms with E-state index in [0.29, 0.717) is 5.56 Å². The van der Waals surface area contributed by atoms with Gasteiger partial charge in [0.2, 0.25) is 0 Å². The van der Waals surface area contributed by atoms with E-state index in [-0.39, 0.29) is 63.2 Å². The first-order chi connectivity index (χ1) is 7.66. The fourth-order valence-corrected chi connectivity index (χ4v) is 1.36. The van der Waals surface area contributed by atoms with Gasteiger partial charge in [0.1, 0.15) is 12.2 Å². The second-order valence-corrected chi connectivity index (χ2v) is 3.37. The average Bonchev–Trinajstić information content (AvgIpc) is 2.70. The van der Waals surface area contributed by atoms with Crippen molar-refractivity contribution in [3.05, 3.63) is 47.3 Å². The molecule has 0 saturated heterocycles. The quantitative estimate of drug-likeness (QED) is 0.841. The van der Waals surface area contributed by atoms with Crippen LogP contribution in [0, 0.1) is 26.0 Å². The summed E-state index contributed by atoms with van der Waals surface area (Å²) in [5.74, 6) is -0.271. The Balaban J connectivity index is 0.00000144. The summed E-state index contributed by atoms with van der Waals surface area (Å²) >= 11 is 0. The average molecular weight is 354 g/mol. The normalized spacial score (nSPS) is 9.00. The number of rotatable bonds is 2. The third-order valence-electron chi connectivity index (χ3n) is 2.11. The van der Waals surface area contributed by atoms with E-state index in [0.717, 1.165) is 11.1 Å². The molecule has 0 aliphatic rings. The Morgan fingerprint density at radius 2 is 2.17 bits per heavy atom. The molecule has 90 valence electrons. The predicted octanol–water partition coefficient (Wildman–Crippen LogP) is 2.14. The van der Waals surface area contributed by atoms with Gasteiger partial charge in [0.15, 0.2) is 0 Å². The van der Waals surface area contributed by atoms with Gasteiger partial charge < -0.3 is 16.5 Å².